The quantitative estimate of drug-likeness (QED) is 0.668. The second-order valence-corrected chi connectivity index (χ2v) is 7.49. The number of alkyl halides is 3. The maximum Gasteiger partial charge on any atom is 0.471 e. The Kier molecular flexibility index (Phi) is 4.74. The van der Waals surface area contributed by atoms with Crippen LogP contribution in [0.1, 0.15) is 16.5 Å². The van der Waals surface area contributed by atoms with E-state index >= 15 is 0 Å². The molecule has 27 heavy (non-hydrogen) atoms. The molecular weight excluding hydrogens is 387 g/mol. The topological polar surface area (TPSA) is 111 Å². The van der Waals surface area contributed by atoms with E-state index in [0.717, 1.165) is 12.4 Å². The lowest BCUT2D eigenvalue weighted by Gasteiger charge is -2.03. The van der Waals surface area contributed by atoms with E-state index in [2.05, 4.69) is 29.0 Å². The van der Waals surface area contributed by atoms with Crippen LogP contribution in [0.2, 0.25) is 0 Å². The molecule has 140 valence electrons. The predicted molar refractivity (Wildman–Crippen MR) is 85.9 cm³/mol. The third kappa shape index (κ3) is 4.16. The maximum atomic E-state index is 12.6. The van der Waals surface area contributed by atoms with Gasteiger partial charge in [-0.25, -0.2) is 14.2 Å². The first-order valence-corrected chi connectivity index (χ1v) is 9.14. The Labute approximate surface area is 150 Å². The number of benzene rings is 1. The molecule has 0 fully saturated rings. The van der Waals surface area contributed by atoms with E-state index in [4.69, 9.17) is 0 Å². The SMILES string of the molecule is CS(=O)(=NC(=O)c1ncc(-c2noc(C(F)(F)F)n2)cn1)c1ccccc1. The number of nitrogens with zero attached hydrogens (tertiary/aromatic N) is 5. The van der Waals surface area contributed by atoms with Gasteiger partial charge in [0.25, 0.3) is 0 Å². The van der Waals surface area contributed by atoms with Crippen molar-refractivity contribution in [1.82, 2.24) is 20.1 Å². The Morgan fingerprint density at radius 2 is 1.78 bits per heavy atom. The van der Waals surface area contributed by atoms with Gasteiger partial charge in [0.1, 0.15) is 0 Å². The van der Waals surface area contributed by atoms with Gasteiger partial charge in [0.15, 0.2) is 0 Å². The lowest BCUT2D eigenvalue weighted by atomic mass is 10.3. The molecule has 0 aliphatic heterocycles. The van der Waals surface area contributed by atoms with Gasteiger partial charge in [-0.3, -0.25) is 4.79 Å². The van der Waals surface area contributed by atoms with Gasteiger partial charge in [-0.2, -0.15) is 22.5 Å². The van der Waals surface area contributed by atoms with E-state index in [-0.39, 0.29) is 17.2 Å². The van der Waals surface area contributed by atoms with Gasteiger partial charge >= 0.3 is 18.0 Å². The molecule has 0 radical (unpaired) electrons. The molecule has 0 saturated heterocycles. The van der Waals surface area contributed by atoms with Crippen LogP contribution in [0.5, 0.6) is 0 Å². The standard InChI is InChI=1S/C15H10F3N5O3S/c1-27(25,10-5-3-2-4-6-10)23-13(24)12-19-7-9(8-20-12)11-21-14(26-22-11)15(16,17)18/h2-8H,1H3. The van der Waals surface area contributed by atoms with E-state index in [1.54, 1.807) is 30.3 Å². The zero-order valence-corrected chi connectivity index (χ0v) is 14.4. The summed E-state index contributed by atoms with van der Waals surface area (Å²) in [5, 5.41) is 3.19. The van der Waals surface area contributed by atoms with Crippen molar-refractivity contribution >= 4 is 15.6 Å². The fourth-order valence-electron chi connectivity index (χ4n) is 1.93. The monoisotopic (exact) mass is 397 g/mol. The lowest BCUT2D eigenvalue weighted by molar-refractivity contribution is -0.159. The van der Waals surface area contributed by atoms with E-state index in [1.165, 1.54) is 6.26 Å². The number of carbonyl (C=O) groups is 1. The molecule has 0 bridgehead atoms. The highest BCUT2D eigenvalue weighted by atomic mass is 32.2. The number of carbonyl (C=O) groups excluding carboxylic acids is 1. The van der Waals surface area contributed by atoms with E-state index in [1.807, 2.05) is 0 Å². The van der Waals surface area contributed by atoms with Crippen molar-refractivity contribution in [2.24, 2.45) is 4.36 Å². The van der Waals surface area contributed by atoms with Crippen LogP contribution in [-0.4, -0.2) is 36.5 Å². The third-order valence-electron chi connectivity index (χ3n) is 3.21. The van der Waals surface area contributed by atoms with Crippen LogP contribution in [0.4, 0.5) is 13.2 Å². The van der Waals surface area contributed by atoms with Crippen LogP contribution in [0.3, 0.4) is 0 Å². The van der Waals surface area contributed by atoms with Gasteiger partial charge < -0.3 is 4.52 Å². The van der Waals surface area contributed by atoms with Crippen molar-refractivity contribution in [3.05, 3.63) is 54.4 Å². The molecule has 2 heterocycles. The fraction of sp³-hybridized carbons (Fsp3) is 0.133. The molecule has 0 aliphatic carbocycles. The van der Waals surface area contributed by atoms with Crippen LogP contribution in [0.15, 0.2) is 56.5 Å². The fourth-order valence-corrected chi connectivity index (χ4v) is 3.10. The number of amides is 1. The molecule has 0 aliphatic rings. The van der Waals surface area contributed by atoms with Crippen LogP contribution >= 0.6 is 0 Å². The van der Waals surface area contributed by atoms with Crippen LogP contribution in [0, 0.1) is 0 Å². The number of hydrogen-bond acceptors (Lipinski definition) is 7. The summed E-state index contributed by atoms with van der Waals surface area (Å²) in [6.07, 6.45) is -1.40. The van der Waals surface area contributed by atoms with Crippen LogP contribution < -0.4 is 0 Å². The molecular formula is C15H10F3N5O3S. The summed E-state index contributed by atoms with van der Waals surface area (Å²) in [5.41, 5.74) is 0.00564. The summed E-state index contributed by atoms with van der Waals surface area (Å²) >= 11 is 0. The van der Waals surface area contributed by atoms with Gasteiger partial charge in [0.05, 0.1) is 15.3 Å². The minimum absolute atomic E-state index is 0.00564. The van der Waals surface area contributed by atoms with Crippen molar-refractivity contribution in [3.63, 3.8) is 0 Å². The van der Waals surface area contributed by atoms with Crippen LogP contribution in [-0.2, 0) is 15.9 Å². The number of aromatic nitrogens is 4. The normalized spacial score (nSPS) is 13.8. The second kappa shape index (κ2) is 6.87. The Morgan fingerprint density at radius 1 is 1.15 bits per heavy atom. The first kappa shape index (κ1) is 18.6. The van der Waals surface area contributed by atoms with Crippen molar-refractivity contribution in [3.8, 4) is 11.4 Å². The first-order valence-electron chi connectivity index (χ1n) is 7.22. The molecule has 1 unspecified atom stereocenters. The Hall–Kier alpha value is -3.15. The minimum atomic E-state index is -4.78. The summed E-state index contributed by atoms with van der Waals surface area (Å²) < 4.78 is 57.8. The van der Waals surface area contributed by atoms with Crippen molar-refractivity contribution in [2.75, 3.05) is 6.26 Å². The largest absolute Gasteiger partial charge is 0.471 e. The molecule has 1 atom stereocenters. The predicted octanol–water partition coefficient (Wildman–Crippen LogP) is 2.84. The van der Waals surface area contributed by atoms with Crippen LogP contribution in [0.25, 0.3) is 11.4 Å². The Bertz CT molecular complexity index is 1090. The highest BCUT2D eigenvalue weighted by Gasteiger charge is 2.38. The second-order valence-electron chi connectivity index (χ2n) is 5.23. The third-order valence-corrected chi connectivity index (χ3v) is 4.87. The molecule has 1 amide bonds. The summed E-state index contributed by atoms with van der Waals surface area (Å²) in [6, 6.07) is 8.17. The number of halogens is 3. The highest BCUT2D eigenvalue weighted by molar-refractivity contribution is 7.93. The summed E-state index contributed by atoms with van der Waals surface area (Å²) in [4.78, 5) is 23.1. The van der Waals surface area contributed by atoms with E-state index < -0.39 is 27.7 Å². The summed E-state index contributed by atoms with van der Waals surface area (Å²) in [5.74, 6) is -3.20. The van der Waals surface area contributed by atoms with Crippen molar-refractivity contribution < 1.29 is 26.7 Å². The molecule has 1 aromatic carbocycles. The molecule has 0 N–H and O–H groups in total. The molecule has 12 heteroatoms. The smallest absolute Gasteiger partial charge is 0.329 e. The van der Waals surface area contributed by atoms with Gasteiger partial charge in [-0.05, 0) is 12.1 Å². The zero-order chi connectivity index (χ0) is 19.7. The Morgan fingerprint density at radius 3 is 2.33 bits per heavy atom. The van der Waals surface area contributed by atoms with Gasteiger partial charge in [0.2, 0.25) is 11.6 Å². The number of rotatable bonds is 3. The number of hydrogen-bond donors (Lipinski definition) is 0. The van der Waals surface area contributed by atoms with Gasteiger partial charge in [-0.1, -0.05) is 23.4 Å². The van der Waals surface area contributed by atoms with Gasteiger partial charge in [-0.15, -0.1) is 0 Å². The van der Waals surface area contributed by atoms with Gasteiger partial charge in [0, 0.05) is 23.5 Å². The molecule has 2 aromatic heterocycles. The molecule has 3 aromatic rings. The van der Waals surface area contributed by atoms with E-state index in [9.17, 15) is 22.2 Å². The van der Waals surface area contributed by atoms with E-state index in [0.29, 0.717) is 4.90 Å². The average Bonchev–Trinajstić information content (AvgIpc) is 3.13. The zero-order valence-electron chi connectivity index (χ0n) is 13.5. The molecule has 0 spiro atoms. The van der Waals surface area contributed by atoms with Crippen molar-refractivity contribution in [1.29, 1.82) is 0 Å². The molecule has 8 nitrogen and oxygen atoms in total. The lowest BCUT2D eigenvalue weighted by Crippen LogP contribution is -2.07. The average molecular weight is 397 g/mol. The summed E-state index contributed by atoms with van der Waals surface area (Å²) in [6.45, 7) is 0. The maximum absolute atomic E-state index is 12.6. The minimum Gasteiger partial charge on any atom is -0.329 e. The highest BCUT2D eigenvalue weighted by Crippen LogP contribution is 2.29. The molecule has 3 rings (SSSR count). The van der Waals surface area contributed by atoms with Crippen molar-refractivity contribution in [2.45, 2.75) is 11.1 Å². The first-order chi connectivity index (χ1) is 12.7. The molecule has 0 saturated carbocycles. The summed E-state index contributed by atoms with van der Waals surface area (Å²) in [7, 11) is -3.00. The Balaban J connectivity index is 1.85.